The molecule has 20 nitrogen and oxygen atoms in total. The maximum absolute atomic E-state index is 12.6. The summed E-state index contributed by atoms with van der Waals surface area (Å²) in [7, 11) is 0. The number of aliphatic carboxylic acids is 8. The Bertz CT molecular complexity index is 2480. The fourth-order valence-electron chi connectivity index (χ4n) is 8.95. The number of rotatable bonds is 20. The highest BCUT2D eigenvalue weighted by Crippen LogP contribution is 2.51. The summed E-state index contributed by atoms with van der Waals surface area (Å²) in [6.45, 7) is 3.12. The van der Waals surface area contributed by atoms with Gasteiger partial charge in [-0.3, -0.25) is 43.3 Å². The Morgan fingerprint density at radius 3 is 1.63 bits per heavy atom. The van der Waals surface area contributed by atoms with E-state index in [2.05, 4.69) is 9.97 Å². The van der Waals surface area contributed by atoms with Crippen LogP contribution in [0.5, 0.6) is 0 Å². The molecule has 0 saturated carbocycles. The zero-order valence-corrected chi connectivity index (χ0v) is 33.7. The van der Waals surface area contributed by atoms with Gasteiger partial charge in [-0.25, -0.2) is 4.98 Å². The Morgan fingerprint density at radius 1 is 0.532 bits per heavy atom. The van der Waals surface area contributed by atoms with Gasteiger partial charge in [0.15, 0.2) is 0 Å². The van der Waals surface area contributed by atoms with Crippen LogP contribution in [0.2, 0.25) is 0 Å². The van der Waals surface area contributed by atoms with E-state index in [1.165, 1.54) is 24.3 Å². The summed E-state index contributed by atoms with van der Waals surface area (Å²) in [5, 5.41) is 79.7. The molecular formula is C42H46N4O16. The maximum Gasteiger partial charge on any atom is 0.307 e. The predicted octanol–water partition coefficient (Wildman–Crippen LogP) is 4.69. The Hall–Kier alpha value is -7.12. The van der Waals surface area contributed by atoms with Crippen molar-refractivity contribution in [3.8, 4) is 0 Å². The SMILES string of the molecule is C[C@@]1(CC(=O)O)c2cc3[nH]c(cc4nc(cc5[nH]c(cc(n2)[C@H]1CCC(=O)O)c(CC(=O)O)c5CCC(=O)O)C(CCC(=O)O)=C4CC(=O)O)[C@@](C)(CC(=O)O)[C@@H]3CCC(=O)O. The molecule has 0 aromatic carbocycles. The molecule has 62 heavy (non-hydrogen) atoms. The Labute approximate surface area is 351 Å². The van der Waals surface area contributed by atoms with Crippen molar-refractivity contribution in [2.45, 2.75) is 114 Å². The fourth-order valence-corrected chi connectivity index (χ4v) is 8.95. The number of nitrogens with zero attached hydrogens (tertiary/aromatic N) is 2. The number of fused-ring (bicyclic) bond motifs is 8. The second-order valence-electron chi connectivity index (χ2n) is 16.1. The quantitative estimate of drug-likeness (QED) is 0.0862. The predicted molar refractivity (Wildman–Crippen MR) is 214 cm³/mol. The van der Waals surface area contributed by atoms with E-state index in [4.69, 9.17) is 9.97 Å². The molecule has 8 bridgehead atoms. The van der Waals surface area contributed by atoms with Gasteiger partial charge in [0.2, 0.25) is 0 Å². The van der Waals surface area contributed by atoms with Gasteiger partial charge in [-0.2, -0.15) is 0 Å². The van der Waals surface area contributed by atoms with E-state index in [1.807, 2.05) is 0 Å². The molecule has 2 aromatic rings. The molecule has 2 aromatic heterocycles. The number of carbonyl (C=O) groups is 8. The number of H-pyrrole nitrogens is 2. The van der Waals surface area contributed by atoms with Gasteiger partial charge in [-0.1, -0.05) is 13.8 Å². The van der Waals surface area contributed by atoms with Crippen LogP contribution in [0.15, 0.2) is 24.3 Å². The average Bonchev–Trinajstić information content (AvgIpc) is 3.77. The number of allylic oxidation sites excluding steroid dienone is 1. The third kappa shape index (κ3) is 10.1. The molecule has 0 unspecified atom stereocenters. The lowest BCUT2D eigenvalue weighted by Gasteiger charge is -2.32. The number of aromatic amines is 2. The zero-order valence-electron chi connectivity index (χ0n) is 33.7. The highest BCUT2D eigenvalue weighted by molar-refractivity contribution is 5.99. The largest absolute Gasteiger partial charge is 0.481 e. The lowest BCUT2D eigenvalue weighted by Crippen LogP contribution is -2.31. The molecule has 10 N–H and O–H groups in total. The van der Waals surface area contributed by atoms with Crippen molar-refractivity contribution in [3.05, 3.63) is 69.6 Å². The molecule has 3 aliphatic rings. The van der Waals surface area contributed by atoms with Crippen LogP contribution < -0.4 is 0 Å². The first-order valence-corrected chi connectivity index (χ1v) is 19.5. The van der Waals surface area contributed by atoms with Crippen molar-refractivity contribution in [1.82, 2.24) is 19.9 Å². The summed E-state index contributed by atoms with van der Waals surface area (Å²) in [6.07, 6.45) is -5.18. The number of hydrogen-bond acceptors (Lipinski definition) is 10. The van der Waals surface area contributed by atoms with Crippen molar-refractivity contribution in [2.75, 3.05) is 0 Å². The first-order chi connectivity index (χ1) is 29.0. The molecule has 20 heteroatoms. The van der Waals surface area contributed by atoms with E-state index in [-0.39, 0.29) is 93.2 Å². The van der Waals surface area contributed by atoms with Gasteiger partial charge < -0.3 is 50.8 Å². The minimum Gasteiger partial charge on any atom is -0.481 e. The minimum atomic E-state index is -1.47. The maximum atomic E-state index is 12.6. The first-order valence-electron chi connectivity index (χ1n) is 19.5. The standard InChI is InChI=1S/C42H46N4O16/c1-41(17-39(59)60)23(5-9-35(51)52)29-14-27-21(11-37(55)56)19(3-7-33(47)48)25(43-27)13-26-20(4-8-34(49)50)22(12-38(57)58)28(44-26)15-31-42(2,18-40(61)62)24(6-10-36(53)54)30(46-31)16-32(41)45-29/h13-16,23-24,43,46H,3-12,17-18H2,1-2H3,(H,47,48)(H,49,50)(H,51,52)(H,53,54)(H,55,56)(H,57,58)(H,59,60)(H,61,62)/t23-,24-,41+,42+/m1/s1. The minimum absolute atomic E-state index is 0.0158. The number of nitrogens with one attached hydrogen (secondary N) is 2. The van der Waals surface area contributed by atoms with E-state index in [9.17, 15) is 79.2 Å². The molecule has 4 atom stereocenters. The number of carboxylic acids is 8. The first kappa shape index (κ1) is 46.0. The summed E-state index contributed by atoms with van der Waals surface area (Å²) >= 11 is 0. The lowest BCUT2D eigenvalue weighted by molar-refractivity contribution is -0.140. The van der Waals surface area contributed by atoms with Crippen LogP contribution in [-0.4, -0.2) is 109 Å². The van der Waals surface area contributed by atoms with Crippen LogP contribution in [0.4, 0.5) is 0 Å². The van der Waals surface area contributed by atoms with Crippen molar-refractivity contribution in [3.63, 3.8) is 0 Å². The molecule has 0 spiro atoms. The van der Waals surface area contributed by atoms with Gasteiger partial charge in [0.25, 0.3) is 0 Å². The highest BCUT2D eigenvalue weighted by atomic mass is 16.4. The van der Waals surface area contributed by atoms with Gasteiger partial charge in [0.1, 0.15) is 0 Å². The molecular weight excluding hydrogens is 816 g/mol. The summed E-state index contributed by atoms with van der Waals surface area (Å²) in [4.78, 5) is 114. The Kier molecular flexibility index (Phi) is 13.5. The van der Waals surface area contributed by atoms with Gasteiger partial charge in [-0.15, -0.1) is 0 Å². The van der Waals surface area contributed by atoms with Crippen LogP contribution >= 0.6 is 0 Å². The number of aromatic nitrogens is 4. The number of aryl methyl sites for hydroxylation is 1. The molecule has 5 rings (SSSR count). The van der Waals surface area contributed by atoms with Gasteiger partial charge >= 0.3 is 47.8 Å². The van der Waals surface area contributed by atoms with E-state index >= 15 is 0 Å². The highest BCUT2D eigenvalue weighted by Gasteiger charge is 2.48. The third-order valence-corrected chi connectivity index (χ3v) is 11.8. The van der Waals surface area contributed by atoms with Crippen LogP contribution in [-0.2, 0) is 62.0 Å². The average molecular weight is 863 g/mol. The normalized spacial score (nSPS) is 20.0. The van der Waals surface area contributed by atoms with Gasteiger partial charge in [0, 0.05) is 82.2 Å². The topological polar surface area (TPSA) is 356 Å². The van der Waals surface area contributed by atoms with Crippen molar-refractivity contribution in [1.29, 1.82) is 0 Å². The Balaban J connectivity index is 2.08. The van der Waals surface area contributed by atoms with Crippen molar-refractivity contribution >= 4 is 69.9 Å². The summed E-state index contributed by atoms with van der Waals surface area (Å²) in [6, 6.07) is 5.71. The van der Waals surface area contributed by atoms with Gasteiger partial charge in [0.05, 0.1) is 37.1 Å². The van der Waals surface area contributed by atoms with E-state index in [0.29, 0.717) is 0 Å². The second-order valence-corrected chi connectivity index (χ2v) is 16.1. The smallest absolute Gasteiger partial charge is 0.307 e. The van der Waals surface area contributed by atoms with E-state index in [1.54, 1.807) is 13.8 Å². The molecule has 0 amide bonds. The van der Waals surface area contributed by atoms with E-state index in [0.717, 1.165) is 0 Å². The molecule has 0 saturated heterocycles. The summed E-state index contributed by atoms with van der Waals surface area (Å²) in [5.74, 6) is -12.0. The van der Waals surface area contributed by atoms with Crippen molar-refractivity contribution < 1.29 is 79.2 Å². The molecule has 0 aliphatic carbocycles. The molecule has 5 heterocycles. The number of carboxylic acid groups (broad SMARTS) is 8. The van der Waals surface area contributed by atoms with Gasteiger partial charge in [-0.05, 0) is 72.2 Å². The van der Waals surface area contributed by atoms with Crippen LogP contribution in [0, 0.1) is 0 Å². The lowest BCUT2D eigenvalue weighted by atomic mass is 9.69. The van der Waals surface area contributed by atoms with Crippen LogP contribution in [0.25, 0.3) is 22.2 Å². The van der Waals surface area contributed by atoms with Crippen molar-refractivity contribution in [2.24, 2.45) is 0 Å². The Morgan fingerprint density at radius 2 is 1.06 bits per heavy atom. The monoisotopic (exact) mass is 862 g/mol. The molecule has 3 aliphatic heterocycles. The molecule has 0 radical (unpaired) electrons. The van der Waals surface area contributed by atoms with E-state index < -0.39 is 122 Å². The zero-order chi connectivity index (χ0) is 45.8. The third-order valence-electron chi connectivity index (χ3n) is 11.8. The summed E-state index contributed by atoms with van der Waals surface area (Å²) < 4.78 is 0. The molecule has 330 valence electrons. The van der Waals surface area contributed by atoms with Crippen LogP contribution in [0.3, 0.4) is 0 Å². The summed E-state index contributed by atoms with van der Waals surface area (Å²) in [5.41, 5.74) is -1.57. The number of hydrogen-bond donors (Lipinski definition) is 10. The fraction of sp³-hybridized carbons (Fsp3) is 0.429. The second kappa shape index (κ2) is 18.2. The van der Waals surface area contributed by atoms with Crippen LogP contribution in [0.1, 0.15) is 135 Å². The molecule has 0 fully saturated rings.